The van der Waals surface area contributed by atoms with Crippen LogP contribution in [0.1, 0.15) is 79.8 Å². The van der Waals surface area contributed by atoms with Gasteiger partial charge in [0, 0.05) is 42.4 Å². The van der Waals surface area contributed by atoms with E-state index in [-0.39, 0.29) is 53.2 Å². The molecule has 65 heavy (non-hydrogen) atoms. The zero-order valence-corrected chi connectivity index (χ0v) is 36.4. The lowest BCUT2D eigenvalue weighted by Crippen LogP contribution is -2.82. The summed E-state index contributed by atoms with van der Waals surface area (Å²) in [6, 6.07) is 20.7. The lowest BCUT2D eigenvalue weighted by atomic mass is 9.44. The molecule has 1 spiro atoms. The number of benzene rings is 3. The van der Waals surface area contributed by atoms with E-state index in [1.165, 1.54) is 50.3 Å². The van der Waals surface area contributed by atoms with Crippen LogP contribution in [0.5, 0.6) is 5.75 Å². The van der Waals surface area contributed by atoms with Gasteiger partial charge in [-0.1, -0.05) is 68.4 Å². The third kappa shape index (κ3) is 7.51. The smallest absolute Gasteiger partial charge is 0.338 e. The van der Waals surface area contributed by atoms with Crippen molar-refractivity contribution in [3.8, 4) is 5.75 Å². The molecule has 0 unspecified atom stereocenters. The summed E-state index contributed by atoms with van der Waals surface area (Å²) in [7, 11) is 0. The number of para-hydroxylation sites is 1. The first-order valence-corrected chi connectivity index (χ1v) is 21.4. The lowest BCUT2D eigenvalue weighted by molar-refractivity contribution is -0.345. The standard InChI is InChI=1S/C49H51NO15/c1-26-32-24-49(59)42(64-44(57)29-17-10-7-11-18-29)40-47(5,41(55)39(62-27(2)51)36(26)46(49,3)4)33(52)23-34-48(40,25-61-34)65-35(53)21-14-22-60-31-20-13-12-19-30(31)37(38(54)45(58)63-32)50-43(56)28-15-8-6-9-16-28/h6-21,32-34,37-40,42,52,54,59H,22-25H2,1-5H3,(H,50,56)/b21-14+/t32-,33-,34+,37-,38+,39+,40-,42-,47+,48-,49+/m0/s1. The first-order chi connectivity index (χ1) is 30.8. The molecule has 0 radical (unpaired) electrons. The molecule has 342 valence electrons. The fraction of sp³-hybridized carbons (Fsp3) is 0.429. The zero-order chi connectivity index (χ0) is 46.6. The molecule has 16 nitrogen and oxygen atoms in total. The van der Waals surface area contributed by atoms with Crippen LogP contribution in [0, 0.1) is 16.7 Å². The molecule has 2 heterocycles. The Morgan fingerprint density at radius 3 is 2.15 bits per heavy atom. The topological polar surface area (TPSA) is 231 Å². The van der Waals surface area contributed by atoms with Gasteiger partial charge in [0.1, 0.15) is 36.3 Å². The minimum Gasteiger partial charge on any atom is -0.489 e. The number of rotatable bonds is 5. The molecular formula is C49H51NO15. The van der Waals surface area contributed by atoms with Gasteiger partial charge in [-0.15, -0.1) is 0 Å². The second-order valence-electron chi connectivity index (χ2n) is 18.0. The molecule has 3 aliphatic carbocycles. The second-order valence-corrected chi connectivity index (χ2v) is 18.0. The largest absolute Gasteiger partial charge is 0.489 e. The average Bonchev–Trinajstić information content (AvgIpc) is 3.28. The summed E-state index contributed by atoms with van der Waals surface area (Å²) in [5.41, 5.74) is -7.53. The van der Waals surface area contributed by atoms with E-state index in [4.69, 9.17) is 28.4 Å². The van der Waals surface area contributed by atoms with E-state index in [2.05, 4.69) is 5.32 Å². The second kappa shape index (κ2) is 17.0. The lowest BCUT2D eigenvalue weighted by Gasteiger charge is -2.67. The van der Waals surface area contributed by atoms with Crippen LogP contribution in [-0.4, -0.2) is 112 Å². The van der Waals surface area contributed by atoms with Crippen molar-refractivity contribution in [2.75, 3.05) is 13.2 Å². The Hall–Kier alpha value is -6.20. The summed E-state index contributed by atoms with van der Waals surface area (Å²) in [6.45, 7) is 6.49. The predicted molar refractivity (Wildman–Crippen MR) is 227 cm³/mol. The van der Waals surface area contributed by atoms with Gasteiger partial charge < -0.3 is 49.1 Å². The van der Waals surface area contributed by atoms with Crippen molar-refractivity contribution in [2.45, 2.75) is 101 Å². The summed E-state index contributed by atoms with van der Waals surface area (Å²) in [4.78, 5) is 85.5. The van der Waals surface area contributed by atoms with E-state index < -0.39 is 113 Å². The third-order valence-corrected chi connectivity index (χ3v) is 14.1. The summed E-state index contributed by atoms with van der Waals surface area (Å²) in [6.07, 6.45) is -8.47. The van der Waals surface area contributed by atoms with Crippen LogP contribution >= 0.6 is 0 Å². The number of ether oxygens (including phenoxy) is 6. The van der Waals surface area contributed by atoms with E-state index in [0.717, 1.165) is 13.0 Å². The Morgan fingerprint density at radius 2 is 1.51 bits per heavy atom. The summed E-state index contributed by atoms with van der Waals surface area (Å²) in [5, 5.41) is 40.8. The number of esters is 4. The van der Waals surface area contributed by atoms with Crippen LogP contribution in [0.3, 0.4) is 0 Å². The molecule has 3 aromatic carbocycles. The number of carbonyl (C=O) groups excluding carboxylic acids is 6. The molecule has 1 saturated heterocycles. The highest BCUT2D eigenvalue weighted by Gasteiger charge is 2.78. The van der Waals surface area contributed by atoms with Crippen molar-refractivity contribution in [1.29, 1.82) is 0 Å². The molecule has 1 amide bonds. The normalized spacial score (nSPS) is 34.6. The molecule has 0 aromatic heterocycles. The number of hydrogen-bond donors (Lipinski definition) is 4. The molecule has 16 heteroatoms. The molecule has 4 bridgehead atoms. The van der Waals surface area contributed by atoms with Crippen LogP contribution in [0.2, 0.25) is 0 Å². The van der Waals surface area contributed by atoms with Crippen LogP contribution in [-0.2, 0) is 42.9 Å². The Balaban J connectivity index is 1.36. The van der Waals surface area contributed by atoms with E-state index >= 15 is 4.79 Å². The predicted octanol–water partition coefficient (Wildman–Crippen LogP) is 3.66. The van der Waals surface area contributed by atoms with Gasteiger partial charge in [0.25, 0.3) is 5.91 Å². The van der Waals surface area contributed by atoms with E-state index in [1.54, 1.807) is 68.4 Å². The Labute approximate surface area is 374 Å². The molecule has 4 N–H and O–H groups in total. The fourth-order valence-corrected chi connectivity index (χ4v) is 10.6. The number of aliphatic hydroxyl groups is 3. The fourth-order valence-electron chi connectivity index (χ4n) is 10.6. The van der Waals surface area contributed by atoms with Gasteiger partial charge in [-0.25, -0.2) is 14.4 Å². The number of amides is 1. The quantitative estimate of drug-likeness (QED) is 0.163. The van der Waals surface area contributed by atoms with Gasteiger partial charge in [-0.2, -0.15) is 0 Å². The molecule has 3 fully saturated rings. The number of aliphatic hydroxyl groups excluding tert-OH is 2. The Bertz CT molecular complexity index is 2470. The number of carbonyl (C=O) groups is 6. The van der Waals surface area contributed by atoms with Gasteiger partial charge in [0.05, 0.1) is 35.6 Å². The first kappa shape index (κ1) is 45.4. The van der Waals surface area contributed by atoms with Crippen molar-refractivity contribution >= 4 is 35.6 Å². The molecule has 11 atom stereocenters. The number of nitrogens with one attached hydrogen (secondary N) is 1. The van der Waals surface area contributed by atoms with Crippen LogP contribution in [0.15, 0.2) is 108 Å². The van der Waals surface area contributed by atoms with Crippen molar-refractivity contribution in [3.05, 3.63) is 125 Å². The van der Waals surface area contributed by atoms with Crippen LogP contribution in [0.25, 0.3) is 0 Å². The van der Waals surface area contributed by atoms with Crippen LogP contribution < -0.4 is 10.1 Å². The van der Waals surface area contributed by atoms with Crippen molar-refractivity contribution < 1.29 is 72.5 Å². The summed E-state index contributed by atoms with van der Waals surface area (Å²) >= 11 is 0. The molecule has 2 aliphatic heterocycles. The summed E-state index contributed by atoms with van der Waals surface area (Å²) < 4.78 is 36.8. The monoisotopic (exact) mass is 893 g/mol. The van der Waals surface area contributed by atoms with Crippen molar-refractivity contribution in [2.24, 2.45) is 16.7 Å². The number of fused-ring (bicyclic) bond motifs is 3. The van der Waals surface area contributed by atoms with Crippen molar-refractivity contribution in [1.82, 2.24) is 5.32 Å². The number of hydrogen-bond acceptors (Lipinski definition) is 15. The van der Waals surface area contributed by atoms with Crippen LogP contribution in [0.4, 0.5) is 0 Å². The molecule has 3 aromatic rings. The van der Waals surface area contributed by atoms with E-state index in [0.29, 0.717) is 0 Å². The maximum Gasteiger partial charge on any atom is 0.338 e. The summed E-state index contributed by atoms with van der Waals surface area (Å²) in [5.74, 6) is -7.07. The van der Waals surface area contributed by atoms with Gasteiger partial charge in [-0.3, -0.25) is 14.4 Å². The first-order valence-electron chi connectivity index (χ1n) is 21.4. The minimum atomic E-state index is -2.42. The highest BCUT2D eigenvalue weighted by Crippen LogP contribution is 2.64. The molecule has 5 aliphatic rings. The zero-order valence-electron chi connectivity index (χ0n) is 36.4. The Morgan fingerprint density at radius 1 is 0.862 bits per heavy atom. The minimum absolute atomic E-state index is 0.0191. The third-order valence-electron chi connectivity index (χ3n) is 14.1. The van der Waals surface area contributed by atoms with Gasteiger partial charge >= 0.3 is 23.9 Å². The maximum atomic E-state index is 15.6. The van der Waals surface area contributed by atoms with Crippen molar-refractivity contribution in [3.63, 3.8) is 0 Å². The Kier molecular flexibility index (Phi) is 11.9. The van der Waals surface area contributed by atoms with E-state index in [9.17, 15) is 39.3 Å². The van der Waals surface area contributed by atoms with Gasteiger partial charge in [-0.05, 0) is 61.4 Å². The molecule has 8 rings (SSSR count). The highest BCUT2D eigenvalue weighted by atomic mass is 16.6. The van der Waals surface area contributed by atoms with Gasteiger partial charge in [0.15, 0.2) is 23.6 Å². The number of ketones is 1. The highest BCUT2D eigenvalue weighted by molar-refractivity contribution is 5.96. The SMILES string of the molecule is CC(=O)O[C@H]1C(=O)[C@@]2(C)[C@@H]3[C@H](OC(=O)c4ccccc4)[C@]4(O)C[C@H](OC(=O)[C@H](O)[C@@H](NC(=O)c5ccccc5)c5ccccc5OC/C=C/C(=O)O[C@]35CO[C@@H]5C[C@@H]2O)C(C)=C1C4(C)C. The molecular weight excluding hydrogens is 843 g/mol. The van der Waals surface area contributed by atoms with Gasteiger partial charge in [0.2, 0.25) is 0 Å². The molecule has 2 saturated carbocycles. The van der Waals surface area contributed by atoms with E-state index in [1.807, 2.05) is 0 Å². The number of Topliss-reactive ketones (excluding diaryl/α,β-unsaturated/α-hetero) is 1. The maximum absolute atomic E-state index is 15.6. The average molecular weight is 894 g/mol.